The van der Waals surface area contributed by atoms with E-state index in [1.54, 1.807) is 6.92 Å². The fourth-order valence-electron chi connectivity index (χ4n) is 5.53. The van der Waals surface area contributed by atoms with Gasteiger partial charge in [-0.05, 0) is 53.6 Å². The molecule has 0 aromatic heterocycles. The zero-order valence-electron chi connectivity index (χ0n) is 26.5. The molecule has 0 aliphatic heterocycles. The fourth-order valence-corrected chi connectivity index (χ4v) is 5.53. The highest BCUT2D eigenvalue weighted by Gasteiger charge is 2.32. The normalized spacial score (nSPS) is 13.9. The van der Waals surface area contributed by atoms with Gasteiger partial charge in [0, 0.05) is 37.6 Å². The SMILES string of the molecule is CCC(=O)C[C@@H](Cc1ccc2ccccc2c1)C(=O)N[C@H](C(=O)C[C@@H](CCCCN)C(=O)NCc1ccccc1)[C@@H](C)CC. The highest BCUT2D eigenvalue weighted by Crippen LogP contribution is 2.23. The molecule has 0 radical (unpaired) electrons. The summed E-state index contributed by atoms with van der Waals surface area (Å²) in [5, 5.41) is 8.21. The van der Waals surface area contributed by atoms with E-state index in [9.17, 15) is 19.2 Å². The molecule has 0 aliphatic rings. The van der Waals surface area contributed by atoms with Crippen LogP contribution in [0.4, 0.5) is 0 Å². The van der Waals surface area contributed by atoms with Crippen molar-refractivity contribution in [2.75, 3.05) is 6.54 Å². The minimum atomic E-state index is -0.748. The number of amides is 2. The first-order valence-electron chi connectivity index (χ1n) is 16.1. The molecule has 4 atom stereocenters. The van der Waals surface area contributed by atoms with Gasteiger partial charge in [0.05, 0.1) is 6.04 Å². The molecule has 236 valence electrons. The van der Waals surface area contributed by atoms with Crippen LogP contribution in [0, 0.1) is 17.8 Å². The smallest absolute Gasteiger partial charge is 0.224 e. The number of nitrogens with one attached hydrogen (secondary N) is 2. The van der Waals surface area contributed by atoms with E-state index in [0.29, 0.717) is 38.8 Å². The number of benzene rings is 3. The summed E-state index contributed by atoms with van der Waals surface area (Å²) < 4.78 is 0. The van der Waals surface area contributed by atoms with Crippen LogP contribution in [0.3, 0.4) is 0 Å². The number of carbonyl (C=O) groups is 4. The molecular weight excluding hydrogens is 550 g/mol. The summed E-state index contributed by atoms with van der Waals surface area (Å²) in [5.74, 6) is -1.87. The van der Waals surface area contributed by atoms with E-state index in [0.717, 1.165) is 34.7 Å². The first kappa shape index (κ1) is 34.6. The molecule has 3 aromatic rings. The summed E-state index contributed by atoms with van der Waals surface area (Å²) in [7, 11) is 0. The van der Waals surface area contributed by atoms with Crippen LogP contribution in [0.25, 0.3) is 10.8 Å². The standard InChI is InChI=1S/C37H49N3O4/c1-4-26(3)35(34(42)24-31(17-11-12-20-38)36(43)39-25-27-13-7-6-8-14-27)40-37(44)32(23-33(41)5-2)22-28-18-19-29-15-9-10-16-30(29)21-28/h6-10,13-16,18-19,21,26,31-32,35H,4-5,11-12,17,20,22-25,38H2,1-3H3,(H,39,43)(H,40,44)/t26-,31+,32+,35-/m0/s1. The first-order chi connectivity index (χ1) is 21.2. The maximum absolute atomic E-state index is 13.8. The Balaban J connectivity index is 1.76. The van der Waals surface area contributed by atoms with Crippen LogP contribution in [0.15, 0.2) is 72.8 Å². The second-order valence-electron chi connectivity index (χ2n) is 11.9. The molecule has 44 heavy (non-hydrogen) atoms. The third-order valence-corrected chi connectivity index (χ3v) is 8.53. The summed E-state index contributed by atoms with van der Waals surface area (Å²) in [5.41, 5.74) is 7.65. The Hall–Kier alpha value is -3.84. The van der Waals surface area contributed by atoms with Crippen LogP contribution >= 0.6 is 0 Å². The number of ketones is 2. The summed E-state index contributed by atoms with van der Waals surface area (Å²) in [6.07, 6.45) is 3.61. The predicted octanol–water partition coefficient (Wildman–Crippen LogP) is 5.92. The largest absolute Gasteiger partial charge is 0.352 e. The van der Waals surface area contributed by atoms with E-state index < -0.39 is 17.9 Å². The molecule has 0 saturated heterocycles. The lowest BCUT2D eigenvalue weighted by Crippen LogP contribution is -2.49. The molecule has 0 heterocycles. The minimum Gasteiger partial charge on any atom is -0.352 e. The zero-order chi connectivity index (χ0) is 31.9. The van der Waals surface area contributed by atoms with Gasteiger partial charge in [0.2, 0.25) is 11.8 Å². The van der Waals surface area contributed by atoms with E-state index in [-0.39, 0.29) is 42.1 Å². The zero-order valence-corrected chi connectivity index (χ0v) is 26.5. The first-order valence-corrected chi connectivity index (χ1v) is 16.1. The highest BCUT2D eigenvalue weighted by atomic mass is 16.2. The molecule has 0 aliphatic carbocycles. The molecule has 2 amide bonds. The Morgan fingerprint density at radius 3 is 2.16 bits per heavy atom. The van der Waals surface area contributed by atoms with Crippen molar-refractivity contribution in [3.8, 4) is 0 Å². The van der Waals surface area contributed by atoms with Crippen molar-refractivity contribution in [1.29, 1.82) is 0 Å². The van der Waals surface area contributed by atoms with Gasteiger partial charge in [-0.2, -0.15) is 0 Å². The van der Waals surface area contributed by atoms with Gasteiger partial charge >= 0.3 is 0 Å². The average molecular weight is 600 g/mol. The number of hydrogen-bond acceptors (Lipinski definition) is 5. The molecule has 0 saturated carbocycles. The summed E-state index contributed by atoms with van der Waals surface area (Å²) >= 11 is 0. The molecule has 0 spiro atoms. The van der Waals surface area contributed by atoms with Gasteiger partial charge in [-0.1, -0.05) is 106 Å². The summed E-state index contributed by atoms with van der Waals surface area (Å²) in [4.78, 5) is 53.4. The van der Waals surface area contributed by atoms with Crippen molar-refractivity contribution in [2.45, 2.75) is 84.7 Å². The van der Waals surface area contributed by atoms with E-state index in [2.05, 4.69) is 16.7 Å². The molecule has 7 heteroatoms. The van der Waals surface area contributed by atoms with Crippen molar-refractivity contribution in [3.05, 3.63) is 83.9 Å². The average Bonchev–Trinajstić information content (AvgIpc) is 3.05. The molecule has 0 unspecified atom stereocenters. The Morgan fingerprint density at radius 2 is 1.48 bits per heavy atom. The monoisotopic (exact) mass is 599 g/mol. The number of hydrogen-bond donors (Lipinski definition) is 3. The molecular formula is C37H49N3O4. The van der Waals surface area contributed by atoms with Gasteiger partial charge in [-0.15, -0.1) is 0 Å². The van der Waals surface area contributed by atoms with E-state index in [4.69, 9.17) is 5.73 Å². The minimum absolute atomic E-state index is 0.00686. The molecule has 3 aromatic carbocycles. The van der Waals surface area contributed by atoms with Crippen LogP contribution < -0.4 is 16.4 Å². The third-order valence-electron chi connectivity index (χ3n) is 8.53. The lowest BCUT2D eigenvalue weighted by molar-refractivity contribution is -0.135. The van der Waals surface area contributed by atoms with Crippen molar-refractivity contribution >= 4 is 34.2 Å². The number of fused-ring (bicyclic) bond motifs is 1. The van der Waals surface area contributed by atoms with Crippen molar-refractivity contribution in [2.24, 2.45) is 23.5 Å². The van der Waals surface area contributed by atoms with Crippen LogP contribution in [0.5, 0.6) is 0 Å². The number of rotatable bonds is 19. The van der Waals surface area contributed by atoms with Gasteiger partial charge in [0.15, 0.2) is 5.78 Å². The van der Waals surface area contributed by atoms with Crippen LogP contribution in [-0.4, -0.2) is 36.0 Å². The maximum atomic E-state index is 13.8. The summed E-state index contributed by atoms with van der Waals surface area (Å²) in [6, 6.07) is 23.0. The third kappa shape index (κ3) is 10.7. The van der Waals surface area contributed by atoms with E-state index in [1.165, 1.54) is 0 Å². The maximum Gasteiger partial charge on any atom is 0.224 e. The molecule has 3 rings (SSSR count). The van der Waals surface area contributed by atoms with Crippen molar-refractivity contribution in [1.82, 2.24) is 10.6 Å². The Kier molecular flexibility index (Phi) is 14.2. The van der Waals surface area contributed by atoms with Crippen molar-refractivity contribution in [3.63, 3.8) is 0 Å². The number of unbranched alkanes of at least 4 members (excludes halogenated alkanes) is 1. The number of carbonyl (C=O) groups excluding carboxylic acids is 4. The predicted molar refractivity (Wildman–Crippen MR) is 177 cm³/mol. The van der Waals surface area contributed by atoms with Crippen LogP contribution in [0.2, 0.25) is 0 Å². The summed E-state index contributed by atoms with van der Waals surface area (Å²) in [6.45, 7) is 6.63. The fraction of sp³-hybridized carbons (Fsp3) is 0.459. The lowest BCUT2D eigenvalue weighted by Gasteiger charge is -2.27. The topological polar surface area (TPSA) is 118 Å². The molecule has 7 nitrogen and oxygen atoms in total. The Labute approximate surface area is 262 Å². The van der Waals surface area contributed by atoms with E-state index in [1.807, 2.05) is 80.6 Å². The second-order valence-corrected chi connectivity index (χ2v) is 11.9. The highest BCUT2D eigenvalue weighted by molar-refractivity contribution is 5.94. The second kappa shape index (κ2) is 18.1. The Bertz CT molecular complexity index is 1370. The van der Waals surface area contributed by atoms with Gasteiger partial charge in [0.1, 0.15) is 5.78 Å². The van der Waals surface area contributed by atoms with Gasteiger partial charge in [-0.3, -0.25) is 19.2 Å². The molecule has 0 fully saturated rings. The molecule has 0 bridgehead atoms. The molecule has 4 N–H and O–H groups in total. The van der Waals surface area contributed by atoms with Crippen molar-refractivity contribution < 1.29 is 19.2 Å². The van der Waals surface area contributed by atoms with Crippen LogP contribution in [0.1, 0.15) is 76.8 Å². The van der Waals surface area contributed by atoms with Crippen LogP contribution in [-0.2, 0) is 32.1 Å². The van der Waals surface area contributed by atoms with Gasteiger partial charge in [0.25, 0.3) is 0 Å². The Morgan fingerprint density at radius 1 is 0.773 bits per heavy atom. The lowest BCUT2D eigenvalue weighted by atomic mass is 9.86. The number of Topliss-reactive ketones (excluding diaryl/α,β-unsaturated/α-hetero) is 2. The van der Waals surface area contributed by atoms with Gasteiger partial charge < -0.3 is 16.4 Å². The van der Waals surface area contributed by atoms with Gasteiger partial charge in [-0.25, -0.2) is 0 Å². The van der Waals surface area contributed by atoms with E-state index >= 15 is 0 Å². The number of nitrogens with two attached hydrogens (primary N) is 1. The quantitative estimate of drug-likeness (QED) is 0.148.